The molecule has 0 saturated heterocycles. The molecule has 0 bridgehead atoms. The Morgan fingerprint density at radius 3 is 2.75 bits per heavy atom. The molecule has 0 unspecified atom stereocenters. The number of hydrogen-bond donors (Lipinski definition) is 1. The highest BCUT2D eigenvalue weighted by atomic mass is 16.5. The molecule has 1 aromatic rings. The van der Waals surface area contributed by atoms with Crippen LogP contribution in [0.4, 0.5) is 5.69 Å². The summed E-state index contributed by atoms with van der Waals surface area (Å²) in [4.78, 5) is 11.8. The molecule has 3 nitrogen and oxygen atoms in total. The minimum absolute atomic E-state index is 0.0981. The summed E-state index contributed by atoms with van der Waals surface area (Å²) < 4.78 is 5.35. The fraction of sp³-hybridized carbons (Fsp3) is 0.462. The van der Waals surface area contributed by atoms with E-state index in [-0.39, 0.29) is 5.78 Å². The zero-order chi connectivity index (χ0) is 12.0. The van der Waals surface area contributed by atoms with E-state index in [1.165, 1.54) is 0 Å². The molecule has 0 aromatic heterocycles. The SMILES string of the molecule is CCCCC(=O)c1cc(OCC)ccc1N. The van der Waals surface area contributed by atoms with Crippen molar-refractivity contribution in [3.05, 3.63) is 23.8 Å². The van der Waals surface area contributed by atoms with Gasteiger partial charge in [-0.2, -0.15) is 0 Å². The maximum absolute atomic E-state index is 11.8. The number of Topliss-reactive ketones (excluding diaryl/α,β-unsaturated/α-hetero) is 1. The van der Waals surface area contributed by atoms with E-state index in [1.54, 1.807) is 18.2 Å². The van der Waals surface area contributed by atoms with Crippen LogP contribution in [0.2, 0.25) is 0 Å². The van der Waals surface area contributed by atoms with Gasteiger partial charge in [0.05, 0.1) is 6.61 Å². The topological polar surface area (TPSA) is 52.3 Å². The standard InChI is InChI=1S/C13H19NO2/c1-3-5-6-13(15)11-9-10(16-4-2)7-8-12(11)14/h7-9H,3-6,14H2,1-2H3. The number of unbranched alkanes of at least 4 members (excludes halogenated alkanes) is 1. The summed E-state index contributed by atoms with van der Waals surface area (Å²) in [5.74, 6) is 0.803. The third kappa shape index (κ3) is 3.26. The molecule has 0 fully saturated rings. The smallest absolute Gasteiger partial charge is 0.165 e. The molecule has 2 N–H and O–H groups in total. The van der Waals surface area contributed by atoms with Crippen LogP contribution in [-0.4, -0.2) is 12.4 Å². The van der Waals surface area contributed by atoms with Crippen LogP contribution < -0.4 is 10.5 Å². The molecule has 3 heteroatoms. The van der Waals surface area contributed by atoms with Crippen LogP contribution >= 0.6 is 0 Å². The molecular weight excluding hydrogens is 202 g/mol. The summed E-state index contributed by atoms with van der Waals surface area (Å²) in [6.45, 7) is 4.56. The van der Waals surface area contributed by atoms with Crippen molar-refractivity contribution in [1.29, 1.82) is 0 Å². The molecule has 16 heavy (non-hydrogen) atoms. The predicted octanol–water partition coefficient (Wildman–Crippen LogP) is 3.04. The van der Waals surface area contributed by atoms with Crippen molar-refractivity contribution in [1.82, 2.24) is 0 Å². The molecule has 88 valence electrons. The fourth-order valence-corrected chi connectivity index (χ4v) is 1.51. The first-order valence-corrected chi connectivity index (χ1v) is 5.74. The number of hydrogen-bond acceptors (Lipinski definition) is 3. The lowest BCUT2D eigenvalue weighted by atomic mass is 10.0. The van der Waals surface area contributed by atoms with E-state index in [0.29, 0.717) is 30.0 Å². The lowest BCUT2D eigenvalue weighted by Crippen LogP contribution is -2.04. The van der Waals surface area contributed by atoms with Crippen LogP contribution in [0.1, 0.15) is 43.5 Å². The number of carbonyl (C=O) groups is 1. The van der Waals surface area contributed by atoms with Gasteiger partial charge in [-0.05, 0) is 31.5 Å². The van der Waals surface area contributed by atoms with Gasteiger partial charge in [-0.3, -0.25) is 4.79 Å². The van der Waals surface area contributed by atoms with Gasteiger partial charge in [-0.1, -0.05) is 13.3 Å². The minimum atomic E-state index is 0.0981. The number of nitrogen functional groups attached to an aromatic ring is 1. The zero-order valence-electron chi connectivity index (χ0n) is 9.95. The highest BCUT2D eigenvalue weighted by molar-refractivity contribution is 6.01. The highest BCUT2D eigenvalue weighted by Gasteiger charge is 2.10. The van der Waals surface area contributed by atoms with Gasteiger partial charge in [0, 0.05) is 17.7 Å². The second-order valence-electron chi connectivity index (χ2n) is 3.71. The van der Waals surface area contributed by atoms with Crippen LogP contribution in [0.25, 0.3) is 0 Å². The molecule has 0 heterocycles. The van der Waals surface area contributed by atoms with E-state index in [1.807, 2.05) is 6.92 Å². The van der Waals surface area contributed by atoms with E-state index < -0.39 is 0 Å². The maximum Gasteiger partial charge on any atom is 0.165 e. The summed E-state index contributed by atoms with van der Waals surface area (Å²) >= 11 is 0. The van der Waals surface area contributed by atoms with Gasteiger partial charge in [-0.25, -0.2) is 0 Å². The molecule has 0 saturated carbocycles. The summed E-state index contributed by atoms with van der Waals surface area (Å²) in [6, 6.07) is 5.25. The van der Waals surface area contributed by atoms with Crippen molar-refractivity contribution < 1.29 is 9.53 Å². The molecule has 0 radical (unpaired) electrons. The predicted molar refractivity (Wildman–Crippen MR) is 65.9 cm³/mol. The number of ketones is 1. The Labute approximate surface area is 96.6 Å². The summed E-state index contributed by atoms with van der Waals surface area (Å²) in [6.07, 6.45) is 2.46. The van der Waals surface area contributed by atoms with Crippen molar-refractivity contribution in [2.75, 3.05) is 12.3 Å². The number of carbonyl (C=O) groups excluding carboxylic acids is 1. The van der Waals surface area contributed by atoms with Crippen LogP contribution in [0, 0.1) is 0 Å². The third-order valence-corrected chi connectivity index (χ3v) is 2.39. The molecule has 0 aliphatic rings. The minimum Gasteiger partial charge on any atom is -0.494 e. The number of anilines is 1. The molecule has 0 amide bonds. The second kappa shape index (κ2) is 6.16. The van der Waals surface area contributed by atoms with E-state index in [4.69, 9.17) is 10.5 Å². The van der Waals surface area contributed by atoms with Crippen LogP contribution in [0.15, 0.2) is 18.2 Å². The Balaban J connectivity index is 2.84. The van der Waals surface area contributed by atoms with Crippen molar-refractivity contribution >= 4 is 11.5 Å². The second-order valence-corrected chi connectivity index (χ2v) is 3.71. The summed E-state index contributed by atoms with van der Waals surface area (Å²) in [5, 5.41) is 0. The van der Waals surface area contributed by atoms with Gasteiger partial charge < -0.3 is 10.5 Å². The first kappa shape index (κ1) is 12.6. The Bertz CT molecular complexity index is 361. The van der Waals surface area contributed by atoms with Gasteiger partial charge in [0.15, 0.2) is 5.78 Å². The number of benzene rings is 1. The van der Waals surface area contributed by atoms with Crippen LogP contribution in [0.5, 0.6) is 5.75 Å². The Kier molecular flexibility index (Phi) is 4.83. The van der Waals surface area contributed by atoms with Crippen molar-refractivity contribution in [3.63, 3.8) is 0 Å². The highest BCUT2D eigenvalue weighted by Crippen LogP contribution is 2.21. The molecule has 0 spiro atoms. The molecular formula is C13H19NO2. The van der Waals surface area contributed by atoms with Gasteiger partial charge in [0.25, 0.3) is 0 Å². The Hall–Kier alpha value is -1.51. The van der Waals surface area contributed by atoms with Gasteiger partial charge in [-0.15, -0.1) is 0 Å². The Morgan fingerprint density at radius 2 is 2.12 bits per heavy atom. The summed E-state index contributed by atoms with van der Waals surface area (Å²) in [5.41, 5.74) is 6.90. The van der Waals surface area contributed by atoms with Gasteiger partial charge in [0.2, 0.25) is 0 Å². The number of ether oxygens (including phenoxy) is 1. The van der Waals surface area contributed by atoms with Crippen molar-refractivity contribution in [2.45, 2.75) is 33.1 Å². The average molecular weight is 221 g/mol. The van der Waals surface area contributed by atoms with E-state index in [9.17, 15) is 4.79 Å². The first-order chi connectivity index (χ1) is 7.69. The first-order valence-electron chi connectivity index (χ1n) is 5.74. The third-order valence-electron chi connectivity index (χ3n) is 2.39. The molecule has 1 aromatic carbocycles. The fourth-order valence-electron chi connectivity index (χ4n) is 1.51. The number of rotatable bonds is 6. The van der Waals surface area contributed by atoms with E-state index >= 15 is 0 Å². The largest absolute Gasteiger partial charge is 0.494 e. The normalized spacial score (nSPS) is 10.1. The van der Waals surface area contributed by atoms with E-state index in [0.717, 1.165) is 12.8 Å². The van der Waals surface area contributed by atoms with E-state index in [2.05, 4.69) is 6.92 Å². The average Bonchev–Trinajstić information content (AvgIpc) is 2.29. The lowest BCUT2D eigenvalue weighted by Gasteiger charge is -2.08. The maximum atomic E-state index is 11.8. The number of nitrogens with two attached hydrogens (primary N) is 1. The van der Waals surface area contributed by atoms with Crippen LogP contribution in [0.3, 0.4) is 0 Å². The summed E-state index contributed by atoms with van der Waals surface area (Å²) in [7, 11) is 0. The van der Waals surface area contributed by atoms with Crippen molar-refractivity contribution in [3.8, 4) is 5.75 Å². The molecule has 0 aliphatic carbocycles. The molecule has 0 aliphatic heterocycles. The van der Waals surface area contributed by atoms with Gasteiger partial charge >= 0.3 is 0 Å². The molecule has 1 rings (SSSR count). The van der Waals surface area contributed by atoms with Crippen LogP contribution in [-0.2, 0) is 0 Å². The Morgan fingerprint density at radius 1 is 1.38 bits per heavy atom. The zero-order valence-corrected chi connectivity index (χ0v) is 9.95. The monoisotopic (exact) mass is 221 g/mol. The molecule has 0 atom stereocenters. The van der Waals surface area contributed by atoms with Crippen molar-refractivity contribution in [2.24, 2.45) is 0 Å². The van der Waals surface area contributed by atoms with Gasteiger partial charge in [0.1, 0.15) is 5.75 Å². The lowest BCUT2D eigenvalue weighted by molar-refractivity contribution is 0.0980. The quantitative estimate of drug-likeness (QED) is 0.593.